The summed E-state index contributed by atoms with van der Waals surface area (Å²) in [6.45, 7) is -0.418. The smallest absolute Gasteiger partial charge is 0.251 e. The first-order chi connectivity index (χ1) is 13.3. The van der Waals surface area contributed by atoms with Gasteiger partial charge in [0, 0.05) is 18.3 Å². The molecular formula is C19H19Cl2N3O4. The normalized spacial score (nSPS) is 10.1. The van der Waals surface area contributed by atoms with Crippen molar-refractivity contribution in [2.75, 3.05) is 32.6 Å². The number of amides is 3. The SMILES string of the molecule is COc1ccc(C(=O)NCC(=O)N(C)CC(=O)Nc2ccc(Cl)c(Cl)c2)cc1. The Balaban J connectivity index is 1.81. The molecule has 0 spiro atoms. The zero-order valence-corrected chi connectivity index (χ0v) is 16.8. The Bertz CT molecular complexity index is 872. The fourth-order valence-corrected chi connectivity index (χ4v) is 2.51. The van der Waals surface area contributed by atoms with E-state index in [-0.39, 0.29) is 13.1 Å². The largest absolute Gasteiger partial charge is 0.497 e. The Morgan fingerprint density at radius 1 is 1.04 bits per heavy atom. The van der Waals surface area contributed by atoms with E-state index in [9.17, 15) is 14.4 Å². The number of hydrogen-bond donors (Lipinski definition) is 2. The van der Waals surface area contributed by atoms with Gasteiger partial charge in [-0.2, -0.15) is 0 Å². The number of hydrogen-bond acceptors (Lipinski definition) is 4. The molecule has 0 aliphatic heterocycles. The zero-order chi connectivity index (χ0) is 20.7. The molecule has 148 valence electrons. The van der Waals surface area contributed by atoms with Gasteiger partial charge in [-0.05, 0) is 42.5 Å². The number of nitrogens with zero attached hydrogens (tertiary/aromatic N) is 1. The predicted octanol–water partition coefficient (Wildman–Crippen LogP) is 2.83. The first-order valence-corrected chi connectivity index (χ1v) is 8.97. The molecule has 28 heavy (non-hydrogen) atoms. The molecule has 0 aliphatic rings. The van der Waals surface area contributed by atoms with Crippen molar-refractivity contribution in [1.82, 2.24) is 10.2 Å². The second-order valence-corrected chi connectivity index (χ2v) is 6.65. The van der Waals surface area contributed by atoms with Crippen LogP contribution in [0.2, 0.25) is 10.0 Å². The molecule has 0 atom stereocenters. The van der Waals surface area contributed by atoms with Crippen LogP contribution in [0.4, 0.5) is 5.69 Å². The lowest BCUT2D eigenvalue weighted by Crippen LogP contribution is -2.41. The number of nitrogens with one attached hydrogen (secondary N) is 2. The van der Waals surface area contributed by atoms with E-state index < -0.39 is 17.7 Å². The average Bonchev–Trinajstić information content (AvgIpc) is 2.68. The Morgan fingerprint density at radius 2 is 1.71 bits per heavy atom. The van der Waals surface area contributed by atoms with Crippen molar-refractivity contribution in [1.29, 1.82) is 0 Å². The van der Waals surface area contributed by atoms with Crippen molar-refractivity contribution in [3.05, 3.63) is 58.1 Å². The minimum Gasteiger partial charge on any atom is -0.497 e. The fraction of sp³-hybridized carbons (Fsp3) is 0.211. The van der Waals surface area contributed by atoms with Crippen molar-refractivity contribution >= 4 is 46.6 Å². The Labute approximate surface area is 172 Å². The molecule has 0 unspecified atom stereocenters. The maximum absolute atomic E-state index is 12.1. The summed E-state index contributed by atoms with van der Waals surface area (Å²) in [5, 5.41) is 5.83. The summed E-state index contributed by atoms with van der Waals surface area (Å²) in [6, 6.07) is 11.2. The number of carbonyl (C=O) groups is 3. The molecule has 2 rings (SSSR count). The van der Waals surface area contributed by atoms with Crippen LogP contribution in [0.25, 0.3) is 0 Å². The molecule has 0 fully saturated rings. The summed E-state index contributed by atoms with van der Waals surface area (Å²) < 4.78 is 5.03. The lowest BCUT2D eigenvalue weighted by molar-refractivity contribution is -0.132. The van der Waals surface area contributed by atoms with Gasteiger partial charge in [-0.25, -0.2) is 0 Å². The van der Waals surface area contributed by atoms with Crippen LogP contribution in [0.1, 0.15) is 10.4 Å². The summed E-state index contributed by atoms with van der Waals surface area (Å²) in [7, 11) is 3.00. The lowest BCUT2D eigenvalue weighted by Gasteiger charge is -2.17. The first-order valence-electron chi connectivity index (χ1n) is 8.21. The van der Waals surface area contributed by atoms with E-state index in [1.807, 2.05) is 0 Å². The average molecular weight is 424 g/mol. The van der Waals surface area contributed by atoms with E-state index in [4.69, 9.17) is 27.9 Å². The lowest BCUT2D eigenvalue weighted by atomic mass is 10.2. The van der Waals surface area contributed by atoms with Crippen molar-refractivity contribution in [3.63, 3.8) is 0 Å². The highest BCUT2D eigenvalue weighted by Gasteiger charge is 2.15. The summed E-state index contributed by atoms with van der Waals surface area (Å²) in [5.74, 6) is -0.591. The standard InChI is InChI=1S/C19H19Cl2N3O4/c1-24(11-17(25)23-13-5-8-15(20)16(21)9-13)18(26)10-22-19(27)12-3-6-14(28-2)7-4-12/h3-9H,10-11H2,1-2H3,(H,22,27)(H,23,25). The van der Waals surface area contributed by atoms with Gasteiger partial charge in [0.05, 0.1) is 30.2 Å². The van der Waals surface area contributed by atoms with Gasteiger partial charge in [0.15, 0.2) is 0 Å². The number of benzene rings is 2. The molecule has 2 aromatic carbocycles. The van der Waals surface area contributed by atoms with Crippen LogP contribution in [0.5, 0.6) is 5.75 Å². The van der Waals surface area contributed by atoms with Gasteiger partial charge < -0.3 is 20.3 Å². The fourth-order valence-electron chi connectivity index (χ4n) is 2.21. The summed E-state index contributed by atoms with van der Waals surface area (Å²) in [5.41, 5.74) is 0.863. The Morgan fingerprint density at radius 3 is 2.32 bits per heavy atom. The van der Waals surface area contributed by atoms with Gasteiger partial charge in [0.1, 0.15) is 5.75 Å². The number of halogens is 2. The van der Waals surface area contributed by atoms with Crippen LogP contribution in [0, 0.1) is 0 Å². The molecule has 7 nitrogen and oxygen atoms in total. The van der Waals surface area contributed by atoms with Crippen molar-refractivity contribution < 1.29 is 19.1 Å². The van der Waals surface area contributed by atoms with Crippen molar-refractivity contribution in [3.8, 4) is 5.75 Å². The van der Waals surface area contributed by atoms with Crippen molar-refractivity contribution in [2.45, 2.75) is 0 Å². The van der Waals surface area contributed by atoms with E-state index in [1.165, 1.54) is 25.1 Å². The highest BCUT2D eigenvalue weighted by atomic mass is 35.5. The minimum absolute atomic E-state index is 0.183. The summed E-state index contributed by atoms with van der Waals surface area (Å²) >= 11 is 11.7. The van der Waals surface area contributed by atoms with E-state index in [2.05, 4.69) is 10.6 Å². The van der Waals surface area contributed by atoms with Crippen LogP contribution in [-0.4, -0.2) is 49.9 Å². The van der Waals surface area contributed by atoms with Crippen LogP contribution in [0.3, 0.4) is 0 Å². The molecule has 0 bridgehead atoms. The molecule has 0 aromatic heterocycles. The van der Waals surface area contributed by atoms with E-state index in [1.54, 1.807) is 36.4 Å². The number of carbonyl (C=O) groups excluding carboxylic acids is 3. The number of methoxy groups -OCH3 is 1. The number of likely N-dealkylation sites (N-methyl/N-ethyl adjacent to an activating group) is 1. The Kier molecular flexibility index (Phi) is 7.66. The van der Waals surface area contributed by atoms with Crippen LogP contribution >= 0.6 is 23.2 Å². The molecule has 3 amide bonds. The predicted molar refractivity (Wildman–Crippen MR) is 108 cm³/mol. The van der Waals surface area contributed by atoms with Gasteiger partial charge in [0.2, 0.25) is 11.8 Å². The number of anilines is 1. The minimum atomic E-state index is -0.411. The van der Waals surface area contributed by atoms with E-state index in [0.717, 1.165) is 0 Å². The van der Waals surface area contributed by atoms with Crippen LogP contribution in [0.15, 0.2) is 42.5 Å². The molecule has 0 saturated carbocycles. The monoisotopic (exact) mass is 423 g/mol. The van der Waals surface area contributed by atoms with Gasteiger partial charge >= 0.3 is 0 Å². The second kappa shape index (κ2) is 9.96. The molecule has 9 heteroatoms. The van der Waals surface area contributed by atoms with Gasteiger partial charge in [-0.3, -0.25) is 14.4 Å². The molecular weight excluding hydrogens is 405 g/mol. The summed E-state index contributed by atoms with van der Waals surface area (Å²) in [4.78, 5) is 37.5. The third kappa shape index (κ3) is 6.14. The van der Waals surface area contributed by atoms with Gasteiger partial charge in [-0.15, -0.1) is 0 Å². The molecule has 0 heterocycles. The third-order valence-corrected chi connectivity index (χ3v) is 4.50. The highest BCUT2D eigenvalue weighted by molar-refractivity contribution is 6.42. The van der Waals surface area contributed by atoms with Gasteiger partial charge in [-0.1, -0.05) is 23.2 Å². The van der Waals surface area contributed by atoms with E-state index >= 15 is 0 Å². The molecule has 2 aromatic rings. The maximum Gasteiger partial charge on any atom is 0.251 e. The van der Waals surface area contributed by atoms with Crippen LogP contribution in [-0.2, 0) is 9.59 Å². The van der Waals surface area contributed by atoms with Gasteiger partial charge in [0.25, 0.3) is 5.91 Å². The summed E-state index contributed by atoms with van der Waals surface area (Å²) in [6.07, 6.45) is 0. The molecule has 0 aliphatic carbocycles. The number of rotatable bonds is 7. The van der Waals surface area contributed by atoms with Crippen molar-refractivity contribution in [2.24, 2.45) is 0 Å². The quantitative estimate of drug-likeness (QED) is 0.716. The maximum atomic E-state index is 12.1. The topological polar surface area (TPSA) is 87.7 Å². The molecule has 0 saturated heterocycles. The second-order valence-electron chi connectivity index (χ2n) is 5.84. The van der Waals surface area contributed by atoms with E-state index in [0.29, 0.717) is 27.0 Å². The Hall–Kier alpha value is -2.77. The molecule has 2 N–H and O–H groups in total. The highest BCUT2D eigenvalue weighted by Crippen LogP contribution is 2.24. The number of ether oxygens (including phenoxy) is 1. The third-order valence-electron chi connectivity index (χ3n) is 3.76. The zero-order valence-electron chi connectivity index (χ0n) is 15.3. The van der Waals surface area contributed by atoms with Crippen LogP contribution < -0.4 is 15.4 Å². The molecule has 0 radical (unpaired) electrons. The first kappa shape index (κ1) is 21.5.